The Bertz CT molecular complexity index is 960. The van der Waals surface area contributed by atoms with Crippen molar-refractivity contribution in [3.05, 3.63) is 57.6 Å². The van der Waals surface area contributed by atoms with Gasteiger partial charge in [-0.1, -0.05) is 41.0 Å². The summed E-state index contributed by atoms with van der Waals surface area (Å²) >= 11 is 13.1. The number of aryl methyl sites for hydroxylation is 2. The van der Waals surface area contributed by atoms with Crippen molar-refractivity contribution in [1.82, 2.24) is 20.2 Å². The largest absolute Gasteiger partial charge is 0.325 e. The summed E-state index contributed by atoms with van der Waals surface area (Å²) in [5, 5.41) is 15.8. The average molecular weight is 408 g/mol. The minimum atomic E-state index is -0.192. The van der Waals surface area contributed by atoms with Crippen LogP contribution in [0.4, 0.5) is 5.69 Å². The van der Waals surface area contributed by atoms with E-state index in [4.69, 9.17) is 23.2 Å². The van der Waals surface area contributed by atoms with Gasteiger partial charge in [-0.2, -0.15) is 4.68 Å². The number of halogens is 2. The number of nitrogens with one attached hydrogen (secondary N) is 1. The molecule has 1 heterocycles. The molecule has 0 saturated heterocycles. The van der Waals surface area contributed by atoms with Crippen LogP contribution in [0.3, 0.4) is 0 Å². The number of carbonyl (C=O) groups excluding carboxylic acids is 1. The predicted molar refractivity (Wildman–Crippen MR) is 104 cm³/mol. The molecule has 1 N–H and O–H groups in total. The van der Waals surface area contributed by atoms with E-state index in [1.807, 2.05) is 32.0 Å². The Morgan fingerprint density at radius 2 is 1.92 bits per heavy atom. The number of aromatic nitrogens is 4. The van der Waals surface area contributed by atoms with E-state index in [1.54, 1.807) is 22.9 Å². The normalized spacial score (nSPS) is 10.8. The summed E-state index contributed by atoms with van der Waals surface area (Å²) < 4.78 is 1.61. The number of nitrogens with zero attached hydrogens (tertiary/aromatic N) is 4. The molecule has 3 aromatic rings. The third-order valence-electron chi connectivity index (χ3n) is 3.71. The van der Waals surface area contributed by atoms with Crippen molar-refractivity contribution in [3.63, 3.8) is 0 Å². The van der Waals surface area contributed by atoms with Crippen molar-refractivity contribution in [2.24, 2.45) is 0 Å². The molecular weight excluding hydrogens is 393 g/mol. The zero-order chi connectivity index (χ0) is 18.7. The van der Waals surface area contributed by atoms with E-state index >= 15 is 0 Å². The summed E-state index contributed by atoms with van der Waals surface area (Å²) in [6.45, 7) is 4.07. The lowest BCUT2D eigenvalue weighted by atomic mass is 10.1. The maximum atomic E-state index is 12.2. The molecule has 0 fully saturated rings. The minimum absolute atomic E-state index is 0.158. The van der Waals surface area contributed by atoms with Crippen LogP contribution in [0.2, 0.25) is 10.0 Å². The highest BCUT2D eigenvalue weighted by Gasteiger charge is 2.12. The highest BCUT2D eigenvalue weighted by molar-refractivity contribution is 7.99. The summed E-state index contributed by atoms with van der Waals surface area (Å²) in [5.74, 6) is -0.0334. The van der Waals surface area contributed by atoms with Gasteiger partial charge in [-0.15, -0.1) is 5.10 Å². The number of benzene rings is 2. The SMILES string of the molecule is Cc1ccc(-n2nnnc2SCC(=O)Nc2ccc(Cl)c(Cl)c2)cc1C. The van der Waals surface area contributed by atoms with Crippen molar-refractivity contribution >= 4 is 46.6 Å². The van der Waals surface area contributed by atoms with Crippen LogP contribution < -0.4 is 5.32 Å². The van der Waals surface area contributed by atoms with E-state index in [9.17, 15) is 4.79 Å². The lowest BCUT2D eigenvalue weighted by Gasteiger charge is -2.08. The van der Waals surface area contributed by atoms with Gasteiger partial charge in [0.15, 0.2) is 0 Å². The van der Waals surface area contributed by atoms with Gasteiger partial charge >= 0.3 is 0 Å². The molecule has 26 heavy (non-hydrogen) atoms. The fourth-order valence-electron chi connectivity index (χ4n) is 2.19. The smallest absolute Gasteiger partial charge is 0.234 e. The van der Waals surface area contributed by atoms with Crippen LogP contribution >= 0.6 is 35.0 Å². The fraction of sp³-hybridized carbons (Fsp3) is 0.176. The Morgan fingerprint density at radius 3 is 2.65 bits per heavy atom. The van der Waals surface area contributed by atoms with Crippen LogP contribution in [0.15, 0.2) is 41.6 Å². The molecule has 6 nitrogen and oxygen atoms in total. The molecule has 0 aliphatic rings. The summed E-state index contributed by atoms with van der Waals surface area (Å²) in [7, 11) is 0. The Balaban J connectivity index is 1.66. The first-order valence-corrected chi connectivity index (χ1v) is 9.42. The topological polar surface area (TPSA) is 72.7 Å². The molecule has 1 aromatic heterocycles. The van der Waals surface area contributed by atoms with Gasteiger partial charge in [0.2, 0.25) is 11.1 Å². The van der Waals surface area contributed by atoms with Crippen LogP contribution in [-0.2, 0) is 4.79 Å². The predicted octanol–water partition coefficient (Wildman–Crippen LogP) is 4.32. The van der Waals surface area contributed by atoms with E-state index in [1.165, 1.54) is 17.3 Å². The first-order valence-electron chi connectivity index (χ1n) is 7.68. The number of rotatable bonds is 5. The third-order valence-corrected chi connectivity index (χ3v) is 5.37. The maximum Gasteiger partial charge on any atom is 0.234 e. The summed E-state index contributed by atoms with van der Waals surface area (Å²) in [4.78, 5) is 12.2. The molecule has 9 heteroatoms. The van der Waals surface area contributed by atoms with Gasteiger partial charge in [-0.25, -0.2) is 0 Å². The zero-order valence-corrected chi connectivity index (χ0v) is 16.4. The molecule has 0 aliphatic carbocycles. The number of anilines is 1. The molecular formula is C17H15Cl2N5OS. The maximum absolute atomic E-state index is 12.2. The quantitative estimate of drug-likeness (QED) is 0.637. The molecule has 3 rings (SSSR count). The number of amides is 1. The van der Waals surface area contributed by atoms with Gasteiger partial charge in [-0.3, -0.25) is 4.79 Å². The van der Waals surface area contributed by atoms with Crippen molar-refractivity contribution in [3.8, 4) is 5.69 Å². The average Bonchev–Trinajstić information content (AvgIpc) is 3.07. The summed E-state index contributed by atoms with van der Waals surface area (Å²) in [6.07, 6.45) is 0. The number of hydrogen-bond acceptors (Lipinski definition) is 5. The third kappa shape index (κ3) is 4.35. The molecule has 0 spiro atoms. The van der Waals surface area contributed by atoms with E-state index in [0.29, 0.717) is 20.9 Å². The van der Waals surface area contributed by atoms with Crippen LogP contribution in [0.1, 0.15) is 11.1 Å². The van der Waals surface area contributed by atoms with Gasteiger partial charge in [-0.05, 0) is 65.7 Å². The van der Waals surface area contributed by atoms with E-state index < -0.39 is 0 Å². The van der Waals surface area contributed by atoms with E-state index in [0.717, 1.165) is 11.3 Å². The highest BCUT2D eigenvalue weighted by atomic mass is 35.5. The number of hydrogen-bond donors (Lipinski definition) is 1. The van der Waals surface area contributed by atoms with Gasteiger partial charge in [0.05, 0.1) is 21.5 Å². The first-order chi connectivity index (χ1) is 12.4. The van der Waals surface area contributed by atoms with Crippen LogP contribution in [0.25, 0.3) is 5.69 Å². The standard InChI is InChI=1S/C17H15Cl2N5OS/c1-10-3-5-13(7-11(10)2)24-17(21-22-23-24)26-9-16(25)20-12-4-6-14(18)15(19)8-12/h3-8H,9H2,1-2H3,(H,20,25). The lowest BCUT2D eigenvalue weighted by Crippen LogP contribution is -2.14. The highest BCUT2D eigenvalue weighted by Crippen LogP contribution is 2.25. The molecule has 0 unspecified atom stereocenters. The zero-order valence-electron chi connectivity index (χ0n) is 14.0. The number of thioether (sulfide) groups is 1. The molecule has 2 aromatic carbocycles. The van der Waals surface area contributed by atoms with Crippen LogP contribution in [-0.4, -0.2) is 31.9 Å². The molecule has 0 radical (unpaired) electrons. The fourth-order valence-corrected chi connectivity index (χ4v) is 3.18. The Labute approximate surface area is 164 Å². The second-order valence-corrected chi connectivity index (χ2v) is 7.36. The Hall–Kier alpha value is -2.09. The number of tetrazole rings is 1. The second kappa shape index (κ2) is 8.07. The van der Waals surface area contributed by atoms with E-state index in [2.05, 4.69) is 20.8 Å². The van der Waals surface area contributed by atoms with E-state index in [-0.39, 0.29) is 11.7 Å². The molecule has 0 aliphatic heterocycles. The molecule has 0 saturated carbocycles. The summed E-state index contributed by atoms with van der Waals surface area (Å²) in [5.41, 5.74) is 3.77. The second-order valence-electron chi connectivity index (χ2n) is 5.61. The lowest BCUT2D eigenvalue weighted by molar-refractivity contribution is -0.113. The first kappa shape index (κ1) is 18.7. The van der Waals surface area contributed by atoms with Crippen molar-refractivity contribution in [2.45, 2.75) is 19.0 Å². The molecule has 1 amide bonds. The monoisotopic (exact) mass is 407 g/mol. The summed E-state index contributed by atoms with van der Waals surface area (Å²) in [6, 6.07) is 10.9. The molecule has 134 valence electrons. The van der Waals surface area contributed by atoms with Gasteiger partial charge in [0, 0.05) is 5.69 Å². The number of carbonyl (C=O) groups is 1. The minimum Gasteiger partial charge on any atom is -0.325 e. The van der Waals surface area contributed by atoms with Crippen LogP contribution in [0, 0.1) is 13.8 Å². The van der Waals surface area contributed by atoms with Crippen molar-refractivity contribution in [1.29, 1.82) is 0 Å². The van der Waals surface area contributed by atoms with Crippen LogP contribution in [0.5, 0.6) is 0 Å². The van der Waals surface area contributed by atoms with Gasteiger partial charge in [0.25, 0.3) is 0 Å². The Kier molecular flexibility index (Phi) is 5.80. The molecule has 0 atom stereocenters. The van der Waals surface area contributed by atoms with Gasteiger partial charge in [0.1, 0.15) is 0 Å². The van der Waals surface area contributed by atoms with Crippen molar-refractivity contribution < 1.29 is 4.79 Å². The Morgan fingerprint density at radius 1 is 1.12 bits per heavy atom. The molecule has 0 bridgehead atoms. The van der Waals surface area contributed by atoms with Crippen molar-refractivity contribution in [2.75, 3.05) is 11.1 Å². The van der Waals surface area contributed by atoms with Gasteiger partial charge < -0.3 is 5.32 Å².